The lowest BCUT2D eigenvalue weighted by Crippen LogP contribution is -2.21. The number of methoxy groups -OCH3 is 1. The monoisotopic (exact) mass is 283 g/mol. The van der Waals surface area contributed by atoms with E-state index < -0.39 is 0 Å². The van der Waals surface area contributed by atoms with Crippen LogP contribution in [0.3, 0.4) is 0 Å². The molecule has 0 aliphatic heterocycles. The summed E-state index contributed by atoms with van der Waals surface area (Å²) in [6, 6.07) is 17.4. The van der Waals surface area contributed by atoms with Crippen LogP contribution in [0, 0.1) is 0 Å². The van der Waals surface area contributed by atoms with Crippen molar-refractivity contribution < 1.29 is 4.74 Å². The Hall–Kier alpha value is -1.80. The molecule has 0 spiro atoms. The second kappa shape index (κ2) is 7.84. The van der Waals surface area contributed by atoms with Crippen molar-refractivity contribution in [2.75, 3.05) is 13.7 Å². The molecule has 0 saturated carbocycles. The third-order valence-corrected chi connectivity index (χ3v) is 3.74. The van der Waals surface area contributed by atoms with Crippen LogP contribution >= 0.6 is 0 Å². The van der Waals surface area contributed by atoms with Gasteiger partial charge in [-0.05, 0) is 54.3 Å². The van der Waals surface area contributed by atoms with Gasteiger partial charge in [-0.25, -0.2) is 0 Å². The Morgan fingerprint density at radius 1 is 1.00 bits per heavy atom. The third-order valence-electron chi connectivity index (χ3n) is 3.74. The lowest BCUT2D eigenvalue weighted by atomic mass is 9.98. The maximum atomic E-state index is 5.32. The fourth-order valence-corrected chi connectivity index (χ4v) is 2.55. The number of ether oxygens (including phenoxy) is 1. The topological polar surface area (TPSA) is 21.3 Å². The van der Waals surface area contributed by atoms with Gasteiger partial charge in [0.1, 0.15) is 5.75 Å². The molecule has 0 aliphatic rings. The Morgan fingerprint density at radius 2 is 1.71 bits per heavy atom. The van der Waals surface area contributed by atoms with E-state index in [0.717, 1.165) is 25.1 Å². The fraction of sp³-hybridized carbons (Fsp3) is 0.368. The number of nitrogens with one attached hydrogen (secondary N) is 1. The highest BCUT2D eigenvalue weighted by Crippen LogP contribution is 2.27. The molecule has 1 atom stereocenters. The van der Waals surface area contributed by atoms with Crippen LogP contribution in [0.1, 0.15) is 38.3 Å². The second-order valence-corrected chi connectivity index (χ2v) is 5.27. The molecule has 0 heterocycles. The average molecular weight is 283 g/mol. The van der Waals surface area contributed by atoms with Gasteiger partial charge in [0, 0.05) is 6.04 Å². The number of benzene rings is 2. The van der Waals surface area contributed by atoms with Gasteiger partial charge in [-0.1, -0.05) is 44.2 Å². The fourth-order valence-electron chi connectivity index (χ4n) is 2.55. The molecule has 0 saturated heterocycles. The van der Waals surface area contributed by atoms with Crippen molar-refractivity contribution in [2.24, 2.45) is 0 Å². The van der Waals surface area contributed by atoms with E-state index in [4.69, 9.17) is 4.74 Å². The summed E-state index contributed by atoms with van der Waals surface area (Å²) in [6.07, 6.45) is 2.26. The molecular formula is C19H25NO. The van der Waals surface area contributed by atoms with Gasteiger partial charge in [0.2, 0.25) is 0 Å². The summed E-state index contributed by atoms with van der Waals surface area (Å²) in [4.78, 5) is 0. The molecule has 2 nitrogen and oxygen atoms in total. The van der Waals surface area contributed by atoms with Crippen LogP contribution in [-0.2, 0) is 0 Å². The van der Waals surface area contributed by atoms with Crippen molar-refractivity contribution in [2.45, 2.75) is 32.7 Å². The van der Waals surface area contributed by atoms with Crippen molar-refractivity contribution in [3.05, 3.63) is 54.1 Å². The summed E-state index contributed by atoms with van der Waals surface area (Å²) >= 11 is 0. The van der Waals surface area contributed by atoms with E-state index in [9.17, 15) is 0 Å². The van der Waals surface area contributed by atoms with E-state index in [1.807, 2.05) is 12.1 Å². The Labute approximate surface area is 128 Å². The predicted octanol–water partition coefficient (Wildman–Crippen LogP) is 4.81. The van der Waals surface area contributed by atoms with Crippen molar-refractivity contribution in [3.8, 4) is 16.9 Å². The van der Waals surface area contributed by atoms with Gasteiger partial charge in [-0.3, -0.25) is 0 Å². The highest BCUT2D eigenvalue weighted by Gasteiger charge is 2.09. The summed E-state index contributed by atoms with van der Waals surface area (Å²) in [5, 5.41) is 3.61. The number of hydrogen-bond donors (Lipinski definition) is 1. The lowest BCUT2D eigenvalue weighted by molar-refractivity contribution is 0.415. The first-order chi connectivity index (χ1) is 10.3. The first-order valence-electron chi connectivity index (χ1n) is 7.76. The number of rotatable bonds is 7. The molecular weight excluding hydrogens is 258 g/mol. The van der Waals surface area contributed by atoms with Crippen LogP contribution in [0.2, 0.25) is 0 Å². The van der Waals surface area contributed by atoms with E-state index in [2.05, 4.69) is 55.6 Å². The van der Waals surface area contributed by atoms with E-state index in [1.165, 1.54) is 16.7 Å². The average Bonchev–Trinajstić information content (AvgIpc) is 2.56. The van der Waals surface area contributed by atoms with Crippen LogP contribution in [0.25, 0.3) is 11.1 Å². The second-order valence-electron chi connectivity index (χ2n) is 5.27. The number of hydrogen-bond acceptors (Lipinski definition) is 2. The molecule has 2 rings (SSSR count). The van der Waals surface area contributed by atoms with Crippen molar-refractivity contribution in [1.82, 2.24) is 5.32 Å². The standard InChI is InChI=1S/C19H25NO/c1-4-12-20-19(5-2)17-10-6-8-15(13-17)16-9-7-11-18(14-16)21-3/h6-11,13-14,19-20H,4-5,12H2,1-3H3. The highest BCUT2D eigenvalue weighted by atomic mass is 16.5. The highest BCUT2D eigenvalue weighted by molar-refractivity contribution is 5.66. The minimum Gasteiger partial charge on any atom is -0.497 e. The van der Waals surface area contributed by atoms with Crippen LogP contribution in [0.15, 0.2) is 48.5 Å². The molecule has 0 radical (unpaired) electrons. The first kappa shape index (κ1) is 15.6. The SMILES string of the molecule is CCCNC(CC)c1cccc(-c2cccc(OC)c2)c1. The van der Waals surface area contributed by atoms with E-state index in [-0.39, 0.29) is 0 Å². The van der Waals surface area contributed by atoms with Crippen molar-refractivity contribution in [1.29, 1.82) is 0 Å². The molecule has 2 heteroatoms. The Balaban J connectivity index is 2.27. The van der Waals surface area contributed by atoms with Gasteiger partial charge in [0.25, 0.3) is 0 Å². The molecule has 21 heavy (non-hydrogen) atoms. The Bertz CT molecular complexity index is 565. The zero-order valence-corrected chi connectivity index (χ0v) is 13.2. The van der Waals surface area contributed by atoms with E-state index in [1.54, 1.807) is 7.11 Å². The van der Waals surface area contributed by atoms with Crippen LogP contribution in [0.5, 0.6) is 5.75 Å². The zero-order valence-electron chi connectivity index (χ0n) is 13.2. The molecule has 0 fully saturated rings. The van der Waals surface area contributed by atoms with Crippen LogP contribution < -0.4 is 10.1 Å². The first-order valence-corrected chi connectivity index (χ1v) is 7.76. The van der Waals surface area contributed by atoms with E-state index in [0.29, 0.717) is 6.04 Å². The van der Waals surface area contributed by atoms with Gasteiger partial charge in [-0.15, -0.1) is 0 Å². The zero-order chi connectivity index (χ0) is 15.1. The Morgan fingerprint density at radius 3 is 2.38 bits per heavy atom. The smallest absolute Gasteiger partial charge is 0.119 e. The summed E-state index contributed by atoms with van der Waals surface area (Å²) < 4.78 is 5.32. The largest absolute Gasteiger partial charge is 0.497 e. The Kier molecular flexibility index (Phi) is 5.82. The molecule has 2 aromatic rings. The molecule has 1 unspecified atom stereocenters. The lowest BCUT2D eigenvalue weighted by Gasteiger charge is -2.18. The molecule has 1 N–H and O–H groups in total. The van der Waals surface area contributed by atoms with Gasteiger partial charge in [0.15, 0.2) is 0 Å². The molecule has 112 valence electrons. The maximum Gasteiger partial charge on any atom is 0.119 e. The molecule has 0 bridgehead atoms. The molecule has 0 aromatic heterocycles. The summed E-state index contributed by atoms with van der Waals surface area (Å²) in [5.74, 6) is 0.897. The maximum absolute atomic E-state index is 5.32. The predicted molar refractivity (Wildman–Crippen MR) is 89.8 cm³/mol. The van der Waals surface area contributed by atoms with Crippen LogP contribution in [0.4, 0.5) is 0 Å². The summed E-state index contributed by atoms with van der Waals surface area (Å²) in [7, 11) is 1.71. The van der Waals surface area contributed by atoms with Gasteiger partial charge < -0.3 is 10.1 Å². The molecule has 2 aromatic carbocycles. The van der Waals surface area contributed by atoms with Gasteiger partial charge in [-0.2, -0.15) is 0 Å². The third kappa shape index (κ3) is 4.08. The van der Waals surface area contributed by atoms with Crippen LogP contribution in [-0.4, -0.2) is 13.7 Å². The summed E-state index contributed by atoms with van der Waals surface area (Å²) in [5.41, 5.74) is 3.79. The quantitative estimate of drug-likeness (QED) is 0.787. The van der Waals surface area contributed by atoms with E-state index >= 15 is 0 Å². The van der Waals surface area contributed by atoms with Gasteiger partial charge in [0.05, 0.1) is 7.11 Å². The van der Waals surface area contributed by atoms with Crippen molar-refractivity contribution in [3.63, 3.8) is 0 Å². The molecule has 0 aliphatic carbocycles. The van der Waals surface area contributed by atoms with Crippen molar-refractivity contribution >= 4 is 0 Å². The normalized spacial score (nSPS) is 12.1. The minimum absolute atomic E-state index is 0.426. The van der Waals surface area contributed by atoms with Gasteiger partial charge >= 0.3 is 0 Å². The molecule has 0 amide bonds. The summed E-state index contributed by atoms with van der Waals surface area (Å²) in [6.45, 7) is 5.49. The minimum atomic E-state index is 0.426.